The van der Waals surface area contributed by atoms with Gasteiger partial charge < -0.3 is 11.1 Å². The zero-order valence-electron chi connectivity index (χ0n) is 9.96. The zero-order valence-corrected chi connectivity index (χ0v) is 9.96. The molecule has 3 N–H and O–H groups in total. The van der Waals surface area contributed by atoms with Gasteiger partial charge >= 0.3 is 0 Å². The monoisotopic (exact) mass is 254 g/mol. The topological polar surface area (TPSA) is 55.1 Å². The Hall–Kier alpha value is -1.65. The lowest BCUT2D eigenvalue weighted by molar-refractivity contribution is -0.127. The quantitative estimate of drug-likeness (QED) is 0.797. The second-order valence-electron chi connectivity index (χ2n) is 4.76. The normalized spacial score (nSPS) is 22.4. The molecule has 0 aliphatic heterocycles. The van der Waals surface area contributed by atoms with Crippen LogP contribution >= 0.6 is 0 Å². The zero-order chi connectivity index (χ0) is 13.2. The first-order valence-corrected chi connectivity index (χ1v) is 6.00. The molecule has 1 saturated carbocycles. The summed E-state index contributed by atoms with van der Waals surface area (Å²) in [5.74, 6) is -3.68. The molecular weight excluding hydrogens is 238 g/mol. The van der Waals surface area contributed by atoms with Gasteiger partial charge in [0.15, 0.2) is 0 Å². The molecule has 1 fully saturated rings. The number of nitrogen functional groups attached to an aromatic ring is 1. The van der Waals surface area contributed by atoms with Gasteiger partial charge in [-0.1, -0.05) is 6.07 Å². The van der Waals surface area contributed by atoms with E-state index in [1.165, 1.54) is 0 Å². The van der Waals surface area contributed by atoms with E-state index < -0.39 is 11.8 Å². The first kappa shape index (κ1) is 12.8. The molecule has 1 aliphatic carbocycles. The van der Waals surface area contributed by atoms with Crippen LogP contribution in [0.3, 0.4) is 0 Å². The molecule has 1 aromatic rings. The highest BCUT2D eigenvalue weighted by Gasteiger charge is 2.39. The van der Waals surface area contributed by atoms with Crippen LogP contribution in [0.2, 0.25) is 0 Å². The summed E-state index contributed by atoms with van der Waals surface area (Å²) in [6, 6.07) is 6.71. The fourth-order valence-electron chi connectivity index (χ4n) is 2.26. The Morgan fingerprint density at radius 1 is 1.44 bits per heavy atom. The predicted octanol–water partition coefficient (Wildman–Crippen LogP) is 3.03. The molecule has 18 heavy (non-hydrogen) atoms. The molecule has 0 bridgehead atoms. The van der Waals surface area contributed by atoms with Gasteiger partial charge in [-0.05, 0) is 31.0 Å². The summed E-state index contributed by atoms with van der Waals surface area (Å²) >= 11 is 0. The molecule has 1 aliphatic rings. The van der Waals surface area contributed by atoms with Gasteiger partial charge in [0.05, 0.1) is 0 Å². The SMILES string of the molecule is Nc1cccc(NC(=O)C2CCCC(F)(F)C2)c1. The predicted molar refractivity (Wildman–Crippen MR) is 66.4 cm³/mol. The van der Waals surface area contributed by atoms with Crippen molar-refractivity contribution in [3.63, 3.8) is 0 Å². The van der Waals surface area contributed by atoms with E-state index in [9.17, 15) is 13.6 Å². The summed E-state index contributed by atoms with van der Waals surface area (Å²) in [5, 5.41) is 2.64. The summed E-state index contributed by atoms with van der Waals surface area (Å²) in [4.78, 5) is 11.9. The molecule has 1 unspecified atom stereocenters. The number of carbonyl (C=O) groups is 1. The Bertz CT molecular complexity index is 448. The van der Waals surface area contributed by atoms with Crippen LogP contribution in [0, 0.1) is 5.92 Å². The van der Waals surface area contributed by atoms with E-state index in [1.54, 1.807) is 24.3 Å². The molecule has 0 aromatic heterocycles. The lowest BCUT2D eigenvalue weighted by atomic mass is 9.86. The lowest BCUT2D eigenvalue weighted by Crippen LogP contribution is -2.33. The Balaban J connectivity index is 2.00. The van der Waals surface area contributed by atoms with Gasteiger partial charge in [0.2, 0.25) is 11.8 Å². The largest absolute Gasteiger partial charge is 0.399 e. The van der Waals surface area contributed by atoms with Crippen molar-refractivity contribution in [2.24, 2.45) is 5.92 Å². The van der Waals surface area contributed by atoms with Gasteiger partial charge in [-0.3, -0.25) is 4.79 Å². The van der Waals surface area contributed by atoms with Crippen LogP contribution in [0.5, 0.6) is 0 Å². The van der Waals surface area contributed by atoms with E-state index in [1.807, 2.05) is 0 Å². The van der Waals surface area contributed by atoms with Crippen molar-refractivity contribution in [3.8, 4) is 0 Å². The average Bonchev–Trinajstić information content (AvgIpc) is 2.27. The molecule has 0 spiro atoms. The highest BCUT2D eigenvalue weighted by atomic mass is 19.3. The highest BCUT2D eigenvalue weighted by Crippen LogP contribution is 2.37. The fourth-order valence-corrected chi connectivity index (χ4v) is 2.26. The molecule has 0 radical (unpaired) electrons. The second-order valence-corrected chi connectivity index (χ2v) is 4.76. The molecular formula is C13H16F2N2O. The fraction of sp³-hybridized carbons (Fsp3) is 0.462. The highest BCUT2D eigenvalue weighted by molar-refractivity contribution is 5.93. The number of rotatable bonds is 2. The van der Waals surface area contributed by atoms with E-state index in [0.717, 1.165) is 0 Å². The number of alkyl halides is 2. The molecule has 1 atom stereocenters. The Labute approximate surface area is 104 Å². The minimum Gasteiger partial charge on any atom is -0.399 e. The standard InChI is InChI=1S/C13H16F2N2O/c14-13(15)6-2-3-9(8-13)12(18)17-11-5-1-4-10(16)7-11/h1,4-5,7,9H,2-3,6,8,16H2,(H,17,18). The van der Waals surface area contributed by atoms with Crippen LogP contribution in [-0.4, -0.2) is 11.8 Å². The van der Waals surface area contributed by atoms with Crippen LogP contribution in [0.4, 0.5) is 20.2 Å². The van der Waals surface area contributed by atoms with Crippen molar-refractivity contribution < 1.29 is 13.6 Å². The molecule has 98 valence electrons. The smallest absolute Gasteiger partial charge is 0.248 e. The van der Waals surface area contributed by atoms with Crippen molar-refractivity contribution in [1.82, 2.24) is 0 Å². The van der Waals surface area contributed by atoms with Gasteiger partial charge in [0.25, 0.3) is 0 Å². The van der Waals surface area contributed by atoms with Crippen LogP contribution in [-0.2, 0) is 4.79 Å². The van der Waals surface area contributed by atoms with Gasteiger partial charge in [-0.2, -0.15) is 0 Å². The molecule has 3 nitrogen and oxygen atoms in total. The molecule has 5 heteroatoms. The van der Waals surface area contributed by atoms with Crippen LogP contribution in [0.1, 0.15) is 25.7 Å². The number of benzene rings is 1. The van der Waals surface area contributed by atoms with Gasteiger partial charge in [-0.15, -0.1) is 0 Å². The van der Waals surface area contributed by atoms with Crippen LogP contribution in [0.15, 0.2) is 24.3 Å². The Morgan fingerprint density at radius 3 is 2.89 bits per heavy atom. The number of amides is 1. The van der Waals surface area contributed by atoms with Gasteiger partial charge in [-0.25, -0.2) is 8.78 Å². The van der Waals surface area contributed by atoms with E-state index in [4.69, 9.17) is 5.73 Å². The summed E-state index contributed by atoms with van der Waals surface area (Å²) in [6.45, 7) is 0. The number of nitrogens with one attached hydrogen (secondary N) is 1. The number of hydrogen-bond donors (Lipinski definition) is 2. The number of hydrogen-bond acceptors (Lipinski definition) is 2. The minimum atomic E-state index is -2.71. The van der Waals surface area contributed by atoms with Crippen LogP contribution in [0.25, 0.3) is 0 Å². The lowest BCUT2D eigenvalue weighted by Gasteiger charge is -2.28. The van der Waals surface area contributed by atoms with E-state index in [-0.39, 0.29) is 18.7 Å². The number of anilines is 2. The van der Waals surface area contributed by atoms with Crippen molar-refractivity contribution in [1.29, 1.82) is 0 Å². The van der Waals surface area contributed by atoms with Crippen molar-refractivity contribution >= 4 is 17.3 Å². The van der Waals surface area contributed by atoms with E-state index in [0.29, 0.717) is 24.2 Å². The summed E-state index contributed by atoms with van der Waals surface area (Å²) in [6.07, 6.45) is 0.433. The van der Waals surface area contributed by atoms with Gasteiger partial charge in [0.1, 0.15) is 0 Å². The first-order chi connectivity index (χ1) is 8.46. The number of halogens is 2. The second kappa shape index (κ2) is 4.92. The molecule has 1 amide bonds. The van der Waals surface area contributed by atoms with Crippen molar-refractivity contribution in [2.75, 3.05) is 11.1 Å². The van der Waals surface area contributed by atoms with Crippen LogP contribution < -0.4 is 11.1 Å². The van der Waals surface area contributed by atoms with E-state index in [2.05, 4.69) is 5.32 Å². The van der Waals surface area contributed by atoms with Crippen molar-refractivity contribution in [2.45, 2.75) is 31.6 Å². The Morgan fingerprint density at radius 2 is 2.22 bits per heavy atom. The van der Waals surface area contributed by atoms with Gasteiger partial charge in [0, 0.05) is 30.1 Å². The third-order valence-electron chi connectivity index (χ3n) is 3.17. The number of carbonyl (C=O) groups excluding carboxylic acids is 1. The molecule has 0 heterocycles. The summed E-state index contributed by atoms with van der Waals surface area (Å²) in [7, 11) is 0. The maximum atomic E-state index is 13.2. The maximum absolute atomic E-state index is 13.2. The average molecular weight is 254 g/mol. The maximum Gasteiger partial charge on any atom is 0.248 e. The molecule has 0 saturated heterocycles. The Kier molecular flexibility index (Phi) is 3.50. The van der Waals surface area contributed by atoms with E-state index >= 15 is 0 Å². The third kappa shape index (κ3) is 3.18. The first-order valence-electron chi connectivity index (χ1n) is 6.00. The molecule has 2 rings (SSSR count). The number of nitrogens with two attached hydrogens (primary N) is 1. The molecule has 1 aromatic carbocycles. The minimum absolute atomic E-state index is 0.116. The third-order valence-corrected chi connectivity index (χ3v) is 3.17. The summed E-state index contributed by atoms with van der Waals surface area (Å²) in [5.41, 5.74) is 6.66. The van der Waals surface area contributed by atoms with Crippen molar-refractivity contribution in [3.05, 3.63) is 24.3 Å². The summed E-state index contributed by atoms with van der Waals surface area (Å²) < 4.78 is 26.4.